The number of aliphatic hydroxyl groups excluding tert-OH is 1. The van der Waals surface area contributed by atoms with E-state index in [1.807, 2.05) is 0 Å². The van der Waals surface area contributed by atoms with E-state index < -0.39 is 0 Å². The van der Waals surface area contributed by atoms with Crippen LogP contribution in [0.2, 0.25) is 0 Å². The summed E-state index contributed by atoms with van der Waals surface area (Å²) in [6, 6.07) is 0. The van der Waals surface area contributed by atoms with Gasteiger partial charge in [-0.2, -0.15) is 0 Å². The number of hydrogen-bond donors (Lipinski definition) is 2. The van der Waals surface area contributed by atoms with E-state index in [4.69, 9.17) is 0 Å². The Kier molecular flexibility index (Phi) is 4.77. The summed E-state index contributed by atoms with van der Waals surface area (Å²) >= 11 is 0. The molecule has 1 saturated carbocycles. The molecular weight excluding hydrogens is 258 g/mol. The van der Waals surface area contributed by atoms with Crippen molar-refractivity contribution in [1.82, 2.24) is 14.5 Å². The number of rotatable bonds is 5. The number of hydrogen-bond acceptors (Lipinski definition) is 4. The Morgan fingerprint density at radius 2 is 2.00 bits per heavy atom. The van der Waals surface area contributed by atoms with E-state index in [1.54, 1.807) is 13.2 Å². The minimum atomic E-state index is -0.310. The van der Waals surface area contributed by atoms with Crippen molar-refractivity contribution < 1.29 is 5.11 Å². The van der Waals surface area contributed by atoms with Crippen molar-refractivity contribution >= 4 is 0 Å². The van der Waals surface area contributed by atoms with Crippen LogP contribution in [-0.2, 0) is 20.6 Å². The Bertz CT molecular complexity index is 576. The van der Waals surface area contributed by atoms with Gasteiger partial charge < -0.3 is 15.0 Å². The molecule has 2 unspecified atom stereocenters. The molecule has 2 atom stereocenters. The molecular formula is C14H23N3O3. The van der Waals surface area contributed by atoms with Crippen LogP contribution in [0.5, 0.6) is 0 Å². The van der Waals surface area contributed by atoms with Gasteiger partial charge >= 0.3 is 5.69 Å². The molecule has 0 bridgehead atoms. The highest BCUT2D eigenvalue weighted by Gasteiger charge is 2.25. The van der Waals surface area contributed by atoms with E-state index >= 15 is 0 Å². The second kappa shape index (κ2) is 6.37. The average Bonchev–Trinajstić information content (AvgIpc) is 2.89. The first-order valence-corrected chi connectivity index (χ1v) is 7.11. The normalized spacial score (nSPS) is 22.4. The Morgan fingerprint density at radius 1 is 1.30 bits per heavy atom. The second-order valence-electron chi connectivity index (χ2n) is 5.68. The van der Waals surface area contributed by atoms with Crippen LogP contribution in [0.3, 0.4) is 0 Å². The number of nitrogens with one attached hydrogen (secondary N) is 1. The third-order valence-electron chi connectivity index (χ3n) is 4.29. The zero-order chi connectivity index (χ0) is 14.7. The third-order valence-corrected chi connectivity index (χ3v) is 4.29. The van der Waals surface area contributed by atoms with Gasteiger partial charge in [-0.15, -0.1) is 0 Å². The first-order chi connectivity index (χ1) is 9.54. The summed E-state index contributed by atoms with van der Waals surface area (Å²) in [6.45, 7) is 1.50. The number of nitrogens with zero attached hydrogens (tertiary/aromatic N) is 2. The predicted octanol–water partition coefficient (Wildman–Crippen LogP) is -0.418. The summed E-state index contributed by atoms with van der Waals surface area (Å²) in [7, 11) is 3.14. The Hall–Kier alpha value is -1.40. The van der Waals surface area contributed by atoms with Gasteiger partial charge in [-0.05, 0) is 31.2 Å². The number of aryl methyl sites for hydroxylation is 1. The van der Waals surface area contributed by atoms with Gasteiger partial charge in [0.15, 0.2) is 0 Å². The van der Waals surface area contributed by atoms with Crippen molar-refractivity contribution in [1.29, 1.82) is 0 Å². The average molecular weight is 281 g/mol. The molecule has 6 nitrogen and oxygen atoms in total. The van der Waals surface area contributed by atoms with Crippen LogP contribution in [0.15, 0.2) is 15.8 Å². The molecule has 1 aromatic rings. The highest BCUT2D eigenvalue weighted by atomic mass is 16.3. The monoisotopic (exact) mass is 281 g/mol. The Morgan fingerprint density at radius 3 is 2.70 bits per heavy atom. The predicted molar refractivity (Wildman–Crippen MR) is 76.5 cm³/mol. The smallest absolute Gasteiger partial charge is 0.330 e. The molecule has 112 valence electrons. The van der Waals surface area contributed by atoms with Crippen LogP contribution in [0.4, 0.5) is 0 Å². The largest absolute Gasteiger partial charge is 0.396 e. The molecule has 2 rings (SSSR count). The summed E-state index contributed by atoms with van der Waals surface area (Å²) in [5.74, 6) is 0.863. The van der Waals surface area contributed by atoms with Gasteiger partial charge in [-0.3, -0.25) is 9.36 Å². The SMILES string of the molecule is Cn1cc(CNCC2CCCC2CO)c(=O)n(C)c1=O. The zero-order valence-corrected chi connectivity index (χ0v) is 12.1. The maximum Gasteiger partial charge on any atom is 0.330 e. The maximum absolute atomic E-state index is 12.0. The zero-order valence-electron chi connectivity index (χ0n) is 12.1. The van der Waals surface area contributed by atoms with Crippen LogP contribution < -0.4 is 16.6 Å². The van der Waals surface area contributed by atoms with Gasteiger partial charge in [0.1, 0.15) is 0 Å². The molecule has 0 aliphatic heterocycles. The van der Waals surface area contributed by atoms with E-state index in [-0.39, 0.29) is 17.9 Å². The topological polar surface area (TPSA) is 76.3 Å². The molecule has 0 aromatic carbocycles. The standard InChI is InChI=1S/C14H23N3O3/c1-16-8-12(13(19)17(2)14(16)20)7-15-6-10-4-3-5-11(10)9-18/h8,10-11,15,18H,3-7,9H2,1-2H3. The molecule has 0 amide bonds. The number of aromatic nitrogens is 2. The fourth-order valence-electron chi connectivity index (χ4n) is 3.02. The molecule has 2 N–H and O–H groups in total. The summed E-state index contributed by atoms with van der Waals surface area (Å²) in [4.78, 5) is 23.5. The third kappa shape index (κ3) is 3.02. The van der Waals surface area contributed by atoms with Crippen LogP contribution in [0.1, 0.15) is 24.8 Å². The minimum absolute atomic E-state index is 0.244. The molecule has 6 heteroatoms. The first kappa shape index (κ1) is 15.0. The van der Waals surface area contributed by atoms with Gasteiger partial charge in [-0.25, -0.2) is 4.79 Å². The molecule has 1 fully saturated rings. The van der Waals surface area contributed by atoms with Crippen molar-refractivity contribution in [3.63, 3.8) is 0 Å². The lowest BCUT2D eigenvalue weighted by Crippen LogP contribution is -2.40. The van der Waals surface area contributed by atoms with E-state index in [2.05, 4.69) is 5.32 Å². The Balaban J connectivity index is 1.98. The molecule has 0 radical (unpaired) electrons. The molecule has 1 aromatic heterocycles. The van der Waals surface area contributed by atoms with Gasteiger partial charge in [-0.1, -0.05) is 6.42 Å². The summed E-state index contributed by atoms with van der Waals surface area (Å²) in [5, 5.41) is 12.6. The number of aliphatic hydroxyl groups is 1. The van der Waals surface area contributed by atoms with Gasteiger partial charge in [0, 0.05) is 39.0 Å². The van der Waals surface area contributed by atoms with Gasteiger partial charge in [0.05, 0.1) is 0 Å². The lowest BCUT2D eigenvalue weighted by atomic mass is 9.97. The van der Waals surface area contributed by atoms with E-state index in [0.29, 0.717) is 23.9 Å². The van der Waals surface area contributed by atoms with Crippen molar-refractivity contribution in [2.45, 2.75) is 25.8 Å². The molecule has 0 saturated heterocycles. The maximum atomic E-state index is 12.0. The van der Waals surface area contributed by atoms with Crippen molar-refractivity contribution in [2.75, 3.05) is 13.2 Å². The molecule has 20 heavy (non-hydrogen) atoms. The second-order valence-corrected chi connectivity index (χ2v) is 5.68. The minimum Gasteiger partial charge on any atom is -0.396 e. The van der Waals surface area contributed by atoms with Gasteiger partial charge in [0.25, 0.3) is 5.56 Å². The molecule has 0 spiro atoms. The molecule has 1 aliphatic carbocycles. The summed E-state index contributed by atoms with van der Waals surface area (Å²) in [6.07, 6.45) is 4.98. The highest BCUT2D eigenvalue weighted by Crippen LogP contribution is 2.30. The quantitative estimate of drug-likeness (QED) is 0.769. The van der Waals surface area contributed by atoms with Crippen molar-refractivity contribution in [2.24, 2.45) is 25.9 Å². The van der Waals surface area contributed by atoms with E-state index in [9.17, 15) is 14.7 Å². The fourth-order valence-corrected chi connectivity index (χ4v) is 3.02. The lowest BCUT2D eigenvalue weighted by molar-refractivity contribution is 0.192. The Labute approximate surface area is 118 Å². The summed E-state index contributed by atoms with van der Waals surface area (Å²) in [5.41, 5.74) is 0.0359. The van der Waals surface area contributed by atoms with Crippen LogP contribution >= 0.6 is 0 Å². The first-order valence-electron chi connectivity index (χ1n) is 7.11. The van der Waals surface area contributed by atoms with E-state index in [1.165, 1.54) is 18.0 Å². The summed E-state index contributed by atoms with van der Waals surface area (Å²) < 4.78 is 2.55. The fraction of sp³-hybridized carbons (Fsp3) is 0.714. The molecule has 1 aliphatic rings. The van der Waals surface area contributed by atoms with Crippen molar-refractivity contribution in [3.05, 3.63) is 32.6 Å². The molecule has 1 heterocycles. The van der Waals surface area contributed by atoms with Crippen molar-refractivity contribution in [3.8, 4) is 0 Å². The lowest BCUT2D eigenvalue weighted by Gasteiger charge is -2.17. The van der Waals surface area contributed by atoms with Crippen LogP contribution in [0.25, 0.3) is 0 Å². The highest BCUT2D eigenvalue weighted by molar-refractivity contribution is 5.05. The van der Waals surface area contributed by atoms with Crippen LogP contribution in [-0.4, -0.2) is 27.4 Å². The van der Waals surface area contributed by atoms with Crippen LogP contribution in [0, 0.1) is 11.8 Å². The van der Waals surface area contributed by atoms with E-state index in [0.717, 1.165) is 24.0 Å². The van der Waals surface area contributed by atoms with Gasteiger partial charge in [0.2, 0.25) is 0 Å².